The van der Waals surface area contributed by atoms with Gasteiger partial charge in [0, 0.05) is 19.6 Å². The largest absolute Gasteiger partial charge is 0.489 e. The van der Waals surface area contributed by atoms with Crippen molar-refractivity contribution in [2.24, 2.45) is 0 Å². The van der Waals surface area contributed by atoms with Gasteiger partial charge in [-0.25, -0.2) is 21.9 Å². The molecule has 0 spiro atoms. The Hall–Kier alpha value is -2.23. The van der Waals surface area contributed by atoms with Crippen molar-refractivity contribution in [3.05, 3.63) is 63.7 Å². The number of rotatable bonds is 7. The van der Waals surface area contributed by atoms with Gasteiger partial charge in [0.15, 0.2) is 0 Å². The molecule has 1 aliphatic heterocycles. The van der Waals surface area contributed by atoms with Crippen LogP contribution in [0.5, 0.6) is 5.75 Å². The van der Waals surface area contributed by atoms with Crippen LogP contribution in [0.3, 0.4) is 0 Å². The molecule has 1 N–H and O–H groups in total. The third kappa shape index (κ3) is 6.22. The van der Waals surface area contributed by atoms with Crippen molar-refractivity contribution in [3.8, 4) is 5.75 Å². The summed E-state index contributed by atoms with van der Waals surface area (Å²) in [7, 11) is -3.78. The highest BCUT2D eigenvalue weighted by atomic mass is 35.5. The molecule has 2 aliphatic rings. The van der Waals surface area contributed by atoms with Crippen molar-refractivity contribution < 1.29 is 26.7 Å². The maximum Gasteiger partial charge on any atom is 0.267 e. The Morgan fingerprint density at radius 2 is 1.85 bits per heavy atom. The fourth-order valence-corrected chi connectivity index (χ4v) is 4.77. The van der Waals surface area contributed by atoms with Gasteiger partial charge in [0.1, 0.15) is 23.5 Å². The molecule has 4 rings (SSSR count). The van der Waals surface area contributed by atoms with Gasteiger partial charge in [0.2, 0.25) is 10.0 Å². The van der Waals surface area contributed by atoms with Crippen molar-refractivity contribution in [2.45, 2.75) is 44.2 Å². The first-order chi connectivity index (χ1) is 15.6. The molecule has 2 aromatic rings. The van der Waals surface area contributed by atoms with Gasteiger partial charge >= 0.3 is 0 Å². The zero-order valence-corrected chi connectivity index (χ0v) is 19.7. The minimum atomic E-state index is -3.78. The number of ether oxygens (including phenoxy) is 1. The molecule has 2 fully saturated rings. The smallest absolute Gasteiger partial charge is 0.267 e. The van der Waals surface area contributed by atoms with Crippen LogP contribution < -0.4 is 9.46 Å². The predicted octanol–water partition coefficient (Wildman–Crippen LogP) is 4.23. The quantitative estimate of drug-likeness (QED) is 0.618. The molecule has 0 aromatic heterocycles. The fraction of sp³-hybridized carbons (Fsp3) is 0.435. The van der Waals surface area contributed by atoms with E-state index in [2.05, 4.69) is 4.90 Å². The summed E-state index contributed by atoms with van der Waals surface area (Å²) < 4.78 is 58.5. The van der Waals surface area contributed by atoms with Gasteiger partial charge in [0.25, 0.3) is 5.91 Å². The minimum absolute atomic E-state index is 0.0501. The van der Waals surface area contributed by atoms with Gasteiger partial charge in [-0.15, -0.1) is 0 Å². The van der Waals surface area contributed by atoms with Crippen LogP contribution in [0.15, 0.2) is 30.3 Å². The van der Waals surface area contributed by atoms with Crippen molar-refractivity contribution >= 4 is 27.5 Å². The zero-order valence-electron chi connectivity index (χ0n) is 18.1. The maximum atomic E-state index is 14.7. The lowest BCUT2D eigenvalue weighted by Crippen LogP contribution is -2.38. The molecule has 1 amide bonds. The van der Waals surface area contributed by atoms with Gasteiger partial charge in [-0.2, -0.15) is 0 Å². The molecule has 0 atom stereocenters. The van der Waals surface area contributed by atoms with Crippen molar-refractivity contribution in [1.82, 2.24) is 9.62 Å². The topological polar surface area (TPSA) is 75.7 Å². The molecule has 178 valence electrons. The van der Waals surface area contributed by atoms with Gasteiger partial charge in [-0.1, -0.05) is 11.6 Å². The monoisotopic (exact) mass is 498 g/mol. The van der Waals surface area contributed by atoms with E-state index in [0.717, 1.165) is 56.2 Å². The van der Waals surface area contributed by atoms with Crippen LogP contribution in [0.1, 0.15) is 53.1 Å². The summed E-state index contributed by atoms with van der Waals surface area (Å²) in [5.74, 6) is -1.40. The molecule has 33 heavy (non-hydrogen) atoms. The highest BCUT2D eigenvalue weighted by Gasteiger charge is 2.30. The van der Waals surface area contributed by atoms with Crippen LogP contribution in [0.25, 0.3) is 0 Å². The molecular formula is C23H25ClF2N2O4S. The maximum absolute atomic E-state index is 14.7. The second-order valence-electron chi connectivity index (χ2n) is 8.68. The average Bonchev–Trinajstić information content (AvgIpc) is 3.55. The fourth-order valence-electron chi connectivity index (χ4n) is 4.12. The lowest BCUT2D eigenvalue weighted by atomic mass is 9.97. The number of carbonyl (C=O) groups excluding carboxylic acids is 1. The molecule has 1 saturated heterocycles. The Morgan fingerprint density at radius 1 is 1.15 bits per heavy atom. The van der Waals surface area contributed by atoms with E-state index in [9.17, 15) is 22.0 Å². The lowest BCUT2D eigenvalue weighted by molar-refractivity contribution is 0.0961. The molecule has 0 radical (unpaired) electrons. The normalized spacial score (nSPS) is 17.7. The van der Waals surface area contributed by atoms with E-state index in [4.69, 9.17) is 16.3 Å². The van der Waals surface area contributed by atoms with Crippen LogP contribution in [0.4, 0.5) is 8.78 Å². The van der Waals surface area contributed by atoms with E-state index in [1.54, 1.807) is 0 Å². The lowest BCUT2D eigenvalue weighted by Gasteiger charge is -2.33. The highest BCUT2D eigenvalue weighted by molar-refractivity contribution is 7.89. The minimum Gasteiger partial charge on any atom is -0.489 e. The summed E-state index contributed by atoms with van der Waals surface area (Å²) in [5.41, 5.74) is 1.45. The number of carbonyl (C=O) groups is 1. The molecule has 6 nitrogen and oxygen atoms in total. The molecule has 0 unspecified atom stereocenters. The second-order valence-corrected chi connectivity index (χ2v) is 10.8. The Bertz CT molecular complexity index is 1160. The van der Waals surface area contributed by atoms with E-state index in [-0.39, 0.29) is 22.6 Å². The van der Waals surface area contributed by atoms with Crippen LogP contribution in [0.2, 0.25) is 5.02 Å². The summed E-state index contributed by atoms with van der Waals surface area (Å²) in [4.78, 5) is 14.4. The van der Waals surface area contributed by atoms with Crippen LogP contribution in [0, 0.1) is 11.6 Å². The molecule has 10 heteroatoms. The van der Waals surface area contributed by atoms with E-state index in [0.29, 0.717) is 12.3 Å². The summed E-state index contributed by atoms with van der Waals surface area (Å²) in [6, 6.07) is 6.90. The molecule has 1 aliphatic carbocycles. The highest BCUT2D eigenvalue weighted by Crippen LogP contribution is 2.43. The van der Waals surface area contributed by atoms with Crippen molar-refractivity contribution in [3.63, 3.8) is 0 Å². The summed E-state index contributed by atoms with van der Waals surface area (Å²) >= 11 is 6.05. The predicted molar refractivity (Wildman–Crippen MR) is 121 cm³/mol. The number of hydrogen-bond donors (Lipinski definition) is 1. The number of hydrogen-bond acceptors (Lipinski definition) is 5. The van der Waals surface area contributed by atoms with E-state index < -0.39 is 27.6 Å². The third-order valence-electron chi connectivity index (χ3n) is 5.88. The van der Waals surface area contributed by atoms with Gasteiger partial charge in [-0.3, -0.25) is 9.69 Å². The number of nitrogens with zero attached hydrogens (tertiary/aromatic N) is 1. The number of nitrogens with one attached hydrogen (secondary N) is 1. The first-order valence-corrected chi connectivity index (χ1v) is 13.0. The Kier molecular flexibility index (Phi) is 6.93. The number of likely N-dealkylation sites (tertiary alicyclic amines) is 1. The SMILES string of the molecule is CS(=O)(=O)NC(=O)c1cc(C2CC2)c(CN2CCC(Oc3ccc(F)cc3Cl)CC2)cc1F. The number of benzene rings is 2. The standard InChI is InChI=1S/C23H25ClF2N2O4S/c1-33(30,31)27-23(29)19-12-18(14-2-3-14)15(10-21(19)26)13-28-8-6-17(7-9-28)32-22-5-4-16(25)11-20(22)24/h4-5,10-12,14,17H,2-3,6-9,13H2,1H3,(H,27,29). The first kappa shape index (κ1) is 23.9. The van der Waals surface area contributed by atoms with E-state index >= 15 is 0 Å². The van der Waals surface area contributed by atoms with Crippen LogP contribution >= 0.6 is 11.6 Å². The zero-order chi connectivity index (χ0) is 23.8. The summed E-state index contributed by atoms with van der Waals surface area (Å²) in [6.45, 7) is 1.98. The number of sulfonamides is 1. The number of amides is 1. The summed E-state index contributed by atoms with van der Waals surface area (Å²) in [6.07, 6.45) is 4.20. The molecule has 1 heterocycles. The average molecular weight is 499 g/mol. The van der Waals surface area contributed by atoms with Gasteiger partial charge < -0.3 is 4.74 Å². The molecule has 0 bridgehead atoms. The first-order valence-electron chi connectivity index (χ1n) is 10.8. The van der Waals surface area contributed by atoms with Crippen molar-refractivity contribution in [2.75, 3.05) is 19.3 Å². The van der Waals surface area contributed by atoms with E-state index in [1.165, 1.54) is 30.3 Å². The van der Waals surface area contributed by atoms with Crippen LogP contribution in [-0.4, -0.2) is 44.7 Å². The summed E-state index contributed by atoms with van der Waals surface area (Å²) in [5, 5.41) is 0.238. The molecular weight excluding hydrogens is 474 g/mol. The van der Waals surface area contributed by atoms with Gasteiger partial charge in [0.05, 0.1) is 16.8 Å². The van der Waals surface area contributed by atoms with E-state index in [1.807, 2.05) is 4.72 Å². The third-order valence-corrected chi connectivity index (χ3v) is 6.74. The number of halogens is 3. The Labute approximate surface area is 196 Å². The van der Waals surface area contributed by atoms with Crippen molar-refractivity contribution in [1.29, 1.82) is 0 Å². The second kappa shape index (κ2) is 9.56. The Morgan fingerprint density at radius 3 is 2.45 bits per heavy atom. The van der Waals surface area contributed by atoms with Gasteiger partial charge in [-0.05, 0) is 73.1 Å². The van der Waals surface area contributed by atoms with Crippen LogP contribution in [-0.2, 0) is 16.6 Å². The molecule has 2 aromatic carbocycles. The molecule has 1 saturated carbocycles. The number of piperidine rings is 1. The Balaban J connectivity index is 1.42.